The van der Waals surface area contributed by atoms with E-state index in [2.05, 4.69) is 0 Å². The van der Waals surface area contributed by atoms with Crippen molar-refractivity contribution in [2.24, 2.45) is 0 Å². The van der Waals surface area contributed by atoms with Gasteiger partial charge in [0, 0.05) is 6.42 Å². The van der Waals surface area contributed by atoms with E-state index in [9.17, 15) is 14.7 Å². The second kappa shape index (κ2) is 10.5. The molecule has 24 heavy (non-hydrogen) atoms. The second-order valence-corrected chi connectivity index (χ2v) is 5.63. The molecule has 0 fully saturated rings. The van der Waals surface area contributed by atoms with Crippen molar-refractivity contribution >= 4 is 11.8 Å². The lowest BCUT2D eigenvalue weighted by molar-refractivity contribution is -0.140. The SMILES string of the molecule is CCCCOC(=O)/C(C(C)=O)=C(/O)CCCOc1ccc(C)cc1. The number of carbonyl (C=O) groups is 2. The van der Waals surface area contributed by atoms with E-state index in [4.69, 9.17) is 9.47 Å². The molecule has 132 valence electrons. The highest BCUT2D eigenvalue weighted by Crippen LogP contribution is 2.15. The molecule has 0 bridgehead atoms. The van der Waals surface area contributed by atoms with Gasteiger partial charge in [0.05, 0.1) is 13.2 Å². The van der Waals surface area contributed by atoms with Gasteiger partial charge in [0.2, 0.25) is 0 Å². The van der Waals surface area contributed by atoms with E-state index < -0.39 is 11.8 Å². The zero-order chi connectivity index (χ0) is 17.9. The lowest BCUT2D eigenvalue weighted by Gasteiger charge is -2.09. The summed E-state index contributed by atoms with van der Waals surface area (Å²) in [7, 11) is 0. The molecule has 5 heteroatoms. The third-order valence-corrected chi connectivity index (χ3v) is 3.42. The van der Waals surface area contributed by atoms with Crippen LogP contribution in [0, 0.1) is 6.92 Å². The minimum Gasteiger partial charge on any atom is -0.511 e. The van der Waals surface area contributed by atoms with Crippen molar-refractivity contribution in [1.29, 1.82) is 0 Å². The number of hydrogen-bond donors (Lipinski definition) is 1. The van der Waals surface area contributed by atoms with Gasteiger partial charge >= 0.3 is 5.97 Å². The first kappa shape index (κ1) is 19.7. The molecule has 1 aromatic rings. The van der Waals surface area contributed by atoms with Crippen molar-refractivity contribution in [3.8, 4) is 5.75 Å². The molecule has 1 N–H and O–H groups in total. The van der Waals surface area contributed by atoms with E-state index in [1.807, 2.05) is 38.1 Å². The van der Waals surface area contributed by atoms with Gasteiger partial charge in [0.15, 0.2) is 5.78 Å². The van der Waals surface area contributed by atoms with Crippen LogP contribution in [0.1, 0.15) is 45.1 Å². The van der Waals surface area contributed by atoms with Gasteiger partial charge in [-0.05, 0) is 38.8 Å². The number of rotatable bonds is 10. The average molecular weight is 334 g/mol. The number of allylic oxidation sites excluding steroid dienone is 1. The number of aryl methyl sites for hydroxylation is 1. The second-order valence-electron chi connectivity index (χ2n) is 5.63. The lowest BCUT2D eigenvalue weighted by atomic mass is 10.1. The minimum absolute atomic E-state index is 0.184. The van der Waals surface area contributed by atoms with E-state index in [1.165, 1.54) is 6.92 Å². The van der Waals surface area contributed by atoms with Crippen molar-refractivity contribution in [1.82, 2.24) is 0 Å². The Morgan fingerprint density at radius 1 is 1.08 bits per heavy atom. The predicted molar refractivity (Wildman–Crippen MR) is 92.1 cm³/mol. The van der Waals surface area contributed by atoms with Crippen molar-refractivity contribution < 1.29 is 24.2 Å². The van der Waals surface area contributed by atoms with Crippen LogP contribution in [0.3, 0.4) is 0 Å². The van der Waals surface area contributed by atoms with E-state index in [-0.39, 0.29) is 24.4 Å². The molecule has 0 aromatic heterocycles. The van der Waals surface area contributed by atoms with Gasteiger partial charge < -0.3 is 14.6 Å². The van der Waals surface area contributed by atoms with Gasteiger partial charge in [-0.15, -0.1) is 0 Å². The molecule has 0 saturated carbocycles. The topological polar surface area (TPSA) is 72.8 Å². The van der Waals surface area contributed by atoms with Crippen LogP contribution in [-0.4, -0.2) is 30.1 Å². The number of aliphatic hydroxyl groups excluding tert-OH is 1. The maximum Gasteiger partial charge on any atom is 0.345 e. The number of hydrogen-bond acceptors (Lipinski definition) is 5. The quantitative estimate of drug-likeness (QED) is 0.175. The first-order valence-corrected chi connectivity index (χ1v) is 8.25. The fourth-order valence-electron chi connectivity index (χ4n) is 2.04. The normalized spacial score (nSPS) is 11.6. The molecule has 0 radical (unpaired) electrons. The van der Waals surface area contributed by atoms with Crippen LogP contribution < -0.4 is 4.74 Å². The standard InChI is InChI=1S/C19H26O5/c1-4-5-12-24-19(22)18(15(3)20)17(21)7-6-13-23-16-10-8-14(2)9-11-16/h8-11,21H,4-7,12-13H2,1-3H3/b18-17+. The van der Waals surface area contributed by atoms with Gasteiger partial charge in [-0.1, -0.05) is 31.0 Å². The van der Waals surface area contributed by atoms with Crippen LogP contribution in [0.2, 0.25) is 0 Å². The zero-order valence-electron chi connectivity index (χ0n) is 14.6. The highest BCUT2D eigenvalue weighted by Gasteiger charge is 2.21. The predicted octanol–water partition coefficient (Wildman–Crippen LogP) is 3.90. The molecular weight excluding hydrogens is 308 g/mol. The summed E-state index contributed by atoms with van der Waals surface area (Å²) in [4.78, 5) is 23.5. The molecule has 0 atom stereocenters. The molecule has 0 aliphatic carbocycles. The number of ketones is 1. The Labute approximate surface area is 143 Å². The molecule has 1 rings (SSSR count). The number of Topliss-reactive ketones (excluding diaryl/α,β-unsaturated/α-hetero) is 1. The van der Waals surface area contributed by atoms with Gasteiger partial charge in [-0.2, -0.15) is 0 Å². The van der Waals surface area contributed by atoms with Gasteiger partial charge in [-0.3, -0.25) is 4.79 Å². The summed E-state index contributed by atoms with van der Waals surface area (Å²) in [6, 6.07) is 7.65. The third kappa shape index (κ3) is 6.86. The van der Waals surface area contributed by atoms with E-state index in [0.717, 1.165) is 24.2 Å². The Kier molecular flexibility index (Phi) is 8.61. The molecule has 0 unspecified atom stereocenters. The van der Waals surface area contributed by atoms with Crippen LogP contribution in [0.5, 0.6) is 5.75 Å². The molecule has 0 saturated heterocycles. The van der Waals surface area contributed by atoms with E-state index >= 15 is 0 Å². The highest BCUT2D eigenvalue weighted by atomic mass is 16.5. The fraction of sp³-hybridized carbons (Fsp3) is 0.474. The fourth-order valence-corrected chi connectivity index (χ4v) is 2.04. The summed E-state index contributed by atoms with van der Waals surface area (Å²) in [5.41, 5.74) is 0.886. The number of ether oxygens (including phenoxy) is 2. The van der Waals surface area contributed by atoms with Crippen LogP contribution in [-0.2, 0) is 14.3 Å². The summed E-state index contributed by atoms with van der Waals surface area (Å²) in [5.74, 6) is -0.743. The molecular formula is C19H26O5. The van der Waals surface area contributed by atoms with Crippen LogP contribution in [0.4, 0.5) is 0 Å². The molecule has 0 heterocycles. The minimum atomic E-state index is -0.757. The Morgan fingerprint density at radius 3 is 2.33 bits per heavy atom. The van der Waals surface area contributed by atoms with Gasteiger partial charge in [0.1, 0.15) is 17.1 Å². The number of esters is 1. The van der Waals surface area contributed by atoms with Gasteiger partial charge in [-0.25, -0.2) is 4.79 Å². The molecule has 1 aromatic carbocycles. The van der Waals surface area contributed by atoms with Crippen LogP contribution >= 0.6 is 0 Å². The van der Waals surface area contributed by atoms with E-state index in [1.54, 1.807) is 0 Å². The molecule has 0 amide bonds. The van der Waals surface area contributed by atoms with Crippen LogP contribution in [0.25, 0.3) is 0 Å². The first-order chi connectivity index (χ1) is 11.5. The first-order valence-electron chi connectivity index (χ1n) is 8.25. The van der Waals surface area contributed by atoms with E-state index in [0.29, 0.717) is 13.0 Å². The maximum atomic E-state index is 11.9. The summed E-state index contributed by atoms with van der Waals surface area (Å²) >= 11 is 0. The number of aliphatic hydroxyl groups is 1. The summed E-state index contributed by atoms with van der Waals surface area (Å²) in [6.45, 7) is 5.84. The summed E-state index contributed by atoms with van der Waals surface area (Å²) < 4.78 is 10.6. The number of benzene rings is 1. The van der Waals surface area contributed by atoms with Crippen LogP contribution in [0.15, 0.2) is 35.6 Å². The Bertz CT molecular complexity index is 572. The van der Waals surface area contributed by atoms with Crippen molar-refractivity contribution in [3.63, 3.8) is 0 Å². The monoisotopic (exact) mass is 334 g/mol. The third-order valence-electron chi connectivity index (χ3n) is 3.42. The Hall–Kier alpha value is -2.30. The smallest absolute Gasteiger partial charge is 0.345 e. The average Bonchev–Trinajstić information content (AvgIpc) is 2.53. The Balaban J connectivity index is 2.51. The molecule has 0 aliphatic heterocycles. The largest absolute Gasteiger partial charge is 0.511 e. The number of carbonyl (C=O) groups excluding carboxylic acids is 2. The van der Waals surface area contributed by atoms with Crippen molar-refractivity contribution in [3.05, 3.63) is 41.2 Å². The summed E-state index contributed by atoms with van der Waals surface area (Å²) in [5, 5.41) is 10.0. The highest BCUT2D eigenvalue weighted by molar-refractivity contribution is 6.16. The van der Waals surface area contributed by atoms with Crippen molar-refractivity contribution in [2.75, 3.05) is 13.2 Å². The van der Waals surface area contributed by atoms with Gasteiger partial charge in [0.25, 0.3) is 0 Å². The lowest BCUT2D eigenvalue weighted by Crippen LogP contribution is -2.17. The Morgan fingerprint density at radius 2 is 1.75 bits per heavy atom. The maximum absolute atomic E-state index is 11.9. The number of unbranched alkanes of at least 4 members (excludes halogenated alkanes) is 1. The summed E-state index contributed by atoms with van der Waals surface area (Å²) in [6.07, 6.45) is 2.28. The molecule has 0 spiro atoms. The zero-order valence-corrected chi connectivity index (χ0v) is 14.6. The van der Waals surface area contributed by atoms with Crippen molar-refractivity contribution in [2.45, 2.75) is 46.5 Å². The molecule has 0 aliphatic rings. The molecule has 5 nitrogen and oxygen atoms in total.